The summed E-state index contributed by atoms with van der Waals surface area (Å²) in [6, 6.07) is 8.04. The van der Waals surface area contributed by atoms with Gasteiger partial charge in [-0.2, -0.15) is 0 Å². The first-order valence-electron chi connectivity index (χ1n) is 9.59. The molecular formula is C19H27N3O3S2. The van der Waals surface area contributed by atoms with E-state index in [9.17, 15) is 13.2 Å². The summed E-state index contributed by atoms with van der Waals surface area (Å²) in [5, 5.41) is 1.08. The average Bonchev–Trinajstić information content (AvgIpc) is 3.04. The first kappa shape index (κ1) is 20.2. The molecule has 148 valence electrons. The Bertz CT molecular complexity index is 838. The number of thiazole rings is 1. The summed E-state index contributed by atoms with van der Waals surface area (Å²) in [5.74, 6) is 0.323. The van der Waals surface area contributed by atoms with E-state index in [0.29, 0.717) is 38.8 Å². The summed E-state index contributed by atoms with van der Waals surface area (Å²) in [6.07, 6.45) is 4.11. The number of nitrogens with zero attached hydrogens (tertiary/aromatic N) is 2. The summed E-state index contributed by atoms with van der Waals surface area (Å²) in [6.45, 7) is 3.10. The van der Waals surface area contributed by atoms with Crippen molar-refractivity contribution >= 4 is 37.5 Å². The number of para-hydroxylation sites is 1. The SMILES string of the molecule is CCCS(=O)(=O)NC1CCN(C(=O)CCCc2nc3ccccc3s2)CC1. The van der Waals surface area contributed by atoms with E-state index in [1.54, 1.807) is 11.3 Å². The normalized spacial score (nSPS) is 16.1. The third-order valence-electron chi connectivity index (χ3n) is 4.79. The number of sulfonamides is 1. The van der Waals surface area contributed by atoms with E-state index < -0.39 is 10.0 Å². The number of fused-ring (bicyclic) bond motifs is 1. The van der Waals surface area contributed by atoms with Crippen molar-refractivity contribution in [3.05, 3.63) is 29.3 Å². The van der Waals surface area contributed by atoms with Gasteiger partial charge in [-0.15, -0.1) is 11.3 Å². The zero-order valence-electron chi connectivity index (χ0n) is 15.7. The van der Waals surface area contributed by atoms with Crippen LogP contribution in [0, 0.1) is 0 Å². The van der Waals surface area contributed by atoms with Gasteiger partial charge in [0.25, 0.3) is 0 Å². The van der Waals surface area contributed by atoms with Gasteiger partial charge in [0.2, 0.25) is 15.9 Å². The van der Waals surface area contributed by atoms with Gasteiger partial charge in [0.1, 0.15) is 0 Å². The highest BCUT2D eigenvalue weighted by Gasteiger charge is 2.25. The van der Waals surface area contributed by atoms with Gasteiger partial charge in [-0.1, -0.05) is 19.1 Å². The molecule has 3 rings (SSSR count). The van der Waals surface area contributed by atoms with Gasteiger partial charge in [-0.3, -0.25) is 4.79 Å². The van der Waals surface area contributed by atoms with Crippen LogP contribution in [0.4, 0.5) is 0 Å². The van der Waals surface area contributed by atoms with Gasteiger partial charge >= 0.3 is 0 Å². The number of piperidine rings is 1. The van der Waals surface area contributed by atoms with Crippen LogP contribution >= 0.6 is 11.3 Å². The third-order valence-corrected chi connectivity index (χ3v) is 7.52. The number of hydrogen-bond acceptors (Lipinski definition) is 5. The monoisotopic (exact) mass is 409 g/mol. The van der Waals surface area contributed by atoms with Crippen molar-refractivity contribution in [3.8, 4) is 0 Å². The fraction of sp³-hybridized carbons (Fsp3) is 0.579. The molecule has 0 atom stereocenters. The number of likely N-dealkylation sites (tertiary alicyclic amines) is 1. The van der Waals surface area contributed by atoms with Gasteiger partial charge in [-0.25, -0.2) is 18.1 Å². The van der Waals surface area contributed by atoms with Crippen molar-refractivity contribution < 1.29 is 13.2 Å². The van der Waals surface area contributed by atoms with Crippen molar-refractivity contribution in [2.45, 2.75) is 51.5 Å². The summed E-state index contributed by atoms with van der Waals surface area (Å²) in [5.41, 5.74) is 1.02. The van der Waals surface area contributed by atoms with Crippen LogP contribution in [0.2, 0.25) is 0 Å². The molecule has 0 radical (unpaired) electrons. The number of amides is 1. The van der Waals surface area contributed by atoms with Gasteiger partial charge in [0.15, 0.2) is 0 Å². The Morgan fingerprint density at radius 2 is 2.04 bits per heavy atom. The van der Waals surface area contributed by atoms with Crippen molar-refractivity contribution in [1.29, 1.82) is 0 Å². The Balaban J connectivity index is 1.40. The van der Waals surface area contributed by atoms with Crippen LogP contribution in [0.1, 0.15) is 44.0 Å². The zero-order chi connectivity index (χ0) is 19.3. The highest BCUT2D eigenvalue weighted by atomic mass is 32.2. The molecule has 0 aliphatic carbocycles. The van der Waals surface area contributed by atoms with E-state index in [-0.39, 0.29) is 17.7 Å². The lowest BCUT2D eigenvalue weighted by atomic mass is 10.1. The van der Waals surface area contributed by atoms with Gasteiger partial charge in [0, 0.05) is 25.6 Å². The molecule has 27 heavy (non-hydrogen) atoms. The van der Waals surface area contributed by atoms with Crippen molar-refractivity contribution in [2.75, 3.05) is 18.8 Å². The number of aromatic nitrogens is 1. The molecule has 1 amide bonds. The Hall–Kier alpha value is -1.51. The molecule has 6 nitrogen and oxygen atoms in total. The minimum atomic E-state index is -3.18. The molecule has 1 N–H and O–H groups in total. The van der Waals surface area contributed by atoms with Crippen molar-refractivity contribution in [3.63, 3.8) is 0 Å². The van der Waals surface area contributed by atoms with Crippen LogP contribution in [-0.2, 0) is 21.2 Å². The molecule has 0 bridgehead atoms. The van der Waals surface area contributed by atoms with Gasteiger partial charge in [-0.05, 0) is 44.2 Å². The van der Waals surface area contributed by atoms with E-state index in [1.165, 1.54) is 4.70 Å². The van der Waals surface area contributed by atoms with E-state index in [4.69, 9.17) is 0 Å². The van der Waals surface area contributed by atoms with Crippen LogP contribution in [-0.4, -0.2) is 49.1 Å². The van der Waals surface area contributed by atoms with Gasteiger partial charge in [0.05, 0.1) is 21.0 Å². The minimum absolute atomic E-state index is 0.0478. The van der Waals surface area contributed by atoms with Crippen LogP contribution in [0.5, 0.6) is 0 Å². The van der Waals surface area contributed by atoms with E-state index in [2.05, 4.69) is 15.8 Å². The molecule has 1 aliphatic heterocycles. The summed E-state index contributed by atoms with van der Waals surface area (Å²) >= 11 is 1.69. The van der Waals surface area contributed by atoms with Crippen LogP contribution in [0.15, 0.2) is 24.3 Å². The number of nitrogens with one attached hydrogen (secondary N) is 1. The number of benzene rings is 1. The van der Waals surface area contributed by atoms with Crippen molar-refractivity contribution in [2.24, 2.45) is 0 Å². The van der Waals surface area contributed by atoms with Crippen LogP contribution in [0.3, 0.4) is 0 Å². The number of aryl methyl sites for hydroxylation is 1. The second-order valence-electron chi connectivity index (χ2n) is 7.02. The van der Waals surface area contributed by atoms with E-state index in [1.807, 2.05) is 30.0 Å². The number of hydrogen-bond donors (Lipinski definition) is 1. The molecule has 0 saturated carbocycles. The maximum absolute atomic E-state index is 12.4. The molecule has 1 aliphatic rings. The topological polar surface area (TPSA) is 79.4 Å². The first-order valence-corrected chi connectivity index (χ1v) is 12.1. The fourth-order valence-electron chi connectivity index (χ4n) is 3.40. The maximum atomic E-state index is 12.4. The fourth-order valence-corrected chi connectivity index (χ4v) is 5.81. The standard InChI is InChI=1S/C19H27N3O3S2/c1-2-14-27(24,25)21-15-10-12-22(13-11-15)19(23)9-5-8-18-20-16-6-3-4-7-17(16)26-18/h3-4,6-7,15,21H,2,5,8-14H2,1H3. The molecule has 1 fully saturated rings. The lowest BCUT2D eigenvalue weighted by molar-refractivity contribution is -0.132. The van der Waals surface area contributed by atoms with Crippen molar-refractivity contribution in [1.82, 2.24) is 14.6 Å². The first-order chi connectivity index (χ1) is 13.0. The highest BCUT2D eigenvalue weighted by molar-refractivity contribution is 7.89. The predicted octanol–water partition coefficient (Wildman–Crippen LogP) is 2.94. The molecule has 2 aromatic rings. The average molecular weight is 410 g/mol. The minimum Gasteiger partial charge on any atom is -0.343 e. The summed E-state index contributed by atoms with van der Waals surface area (Å²) < 4.78 is 27.7. The molecular weight excluding hydrogens is 382 g/mol. The van der Waals surface area contributed by atoms with E-state index >= 15 is 0 Å². The smallest absolute Gasteiger partial charge is 0.222 e. The Morgan fingerprint density at radius 1 is 1.30 bits per heavy atom. The molecule has 1 aromatic carbocycles. The lowest BCUT2D eigenvalue weighted by Crippen LogP contribution is -2.46. The second kappa shape index (κ2) is 9.12. The lowest BCUT2D eigenvalue weighted by Gasteiger charge is -2.32. The summed E-state index contributed by atoms with van der Waals surface area (Å²) in [7, 11) is -3.18. The second-order valence-corrected chi connectivity index (χ2v) is 10.0. The van der Waals surface area contributed by atoms with E-state index in [0.717, 1.165) is 23.4 Å². The van der Waals surface area contributed by atoms with Crippen LogP contribution in [0.25, 0.3) is 10.2 Å². The Morgan fingerprint density at radius 3 is 2.74 bits per heavy atom. The predicted molar refractivity (Wildman–Crippen MR) is 109 cm³/mol. The highest BCUT2D eigenvalue weighted by Crippen LogP contribution is 2.23. The molecule has 8 heteroatoms. The Kier molecular flexibility index (Phi) is 6.83. The molecule has 0 spiro atoms. The molecule has 0 unspecified atom stereocenters. The number of rotatable bonds is 8. The quantitative estimate of drug-likeness (QED) is 0.727. The summed E-state index contributed by atoms with van der Waals surface area (Å²) in [4.78, 5) is 18.9. The zero-order valence-corrected chi connectivity index (χ0v) is 17.3. The molecule has 1 aromatic heterocycles. The van der Waals surface area contributed by atoms with Crippen LogP contribution < -0.4 is 4.72 Å². The van der Waals surface area contributed by atoms with Gasteiger partial charge < -0.3 is 4.90 Å². The third kappa shape index (κ3) is 5.73. The number of carbonyl (C=O) groups excluding carboxylic acids is 1. The molecule has 1 saturated heterocycles. The largest absolute Gasteiger partial charge is 0.343 e. The number of carbonyl (C=O) groups is 1. The molecule has 2 heterocycles. The maximum Gasteiger partial charge on any atom is 0.222 e. The Labute approximate surface area is 165 Å².